The largest absolute Gasteiger partial charge is 0.241 e. The lowest BCUT2D eigenvalue weighted by Crippen LogP contribution is -2.02. The number of aromatic nitrogens is 1. The van der Waals surface area contributed by atoms with Crippen LogP contribution in [0.1, 0.15) is 15.9 Å². The zero-order valence-electron chi connectivity index (χ0n) is 10.6. The summed E-state index contributed by atoms with van der Waals surface area (Å²) < 4.78 is 29.2. The molecule has 0 aliphatic carbocycles. The van der Waals surface area contributed by atoms with Crippen molar-refractivity contribution in [1.82, 2.24) is 4.98 Å². The Morgan fingerprint density at radius 3 is 2.52 bits per heavy atom. The van der Waals surface area contributed by atoms with Gasteiger partial charge in [-0.25, -0.2) is 13.8 Å². The minimum absolute atomic E-state index is 0.112. The molecule has 1 heterocycles. The molecule has 3 rings (SSSR count). The average molecular weight is 389 g/mol. The molecule has 0 radical (unpaired) electrons. The Hall–Kier alpha value is -1.04. The number of benzene rings is 2. The lowest BCUT2D eigenvalue weighted by atomic mass is 10.1. The molecule has 0 amide bonds. The van der Waals surface area contributed by atoms with Crippen LogP contribution in [-0.4, -0.2) is 4.98 Å². The third-order valence-electron chi connectivity index (χ3n) is 3.05. The maximum Gasteiger partial charge on any atom is 0.131 e. The highest BCUT2D eigenvalue weighted by Crippen LogP contribution is 2.33. The molecule has 21 heavy (non-hydrogen) atoms. The Kier molecular flexibility index (Phi) is 4.24. The van der Waals surface area contributed by atoms with Crippen LogP contribution in [0.3, 0.4) is 0 Å². The molecule has 0 aliphatic heterocycles. The molecule has 6 heteroatoms. The van der Waals surface area contributed by atoms with Crippen LogP contribution < -0.4 is 0 Å². The van der Waals surface area contributed by atoms with Crippen molar-refractivity contribution in [3.05, 3.63) is 63.1 Å². The van der Waals surface area contributed by atoms with Gasteiger partial charge < -0.3 is 0 Å². The fourth-order valence-corrected chi connectivity index (χ4v) is 3.98. The second kappa shape index (κ2) is 5.99. The van der Waals surface area contributed by atoms with Crippen LogP contribution in [0.4, 0.5) is 8.78 Å². The van der Waals surface area contributed by atoms with E-state index >= 15 is 0 Å². The van der Waals surface area contributed by atoms with Gasteiger partial charge in [-0.3, -0.25) is 0 Å². The van der Waals surface area contributed by atoms with Crippen LogP contribution in [0.2, 0.25) is 0 Å². The van der Waals surface area contributed by atoms with Crippen molar-refractivity contribution in [2.75, 3.05) is 0 Å². The van der Waals surface area contributed by atoms with Gasteiger partial charge in [-0.2, -0.15) is 0 Å². The Balaban J connectivity index is 1.91. The predicted octanol–water partition coefficient (Wildman–Crippen LogP) is 5.86. The van der Waals surface area contributed by atoms with E-state index in [4.69, 9.17) is 11.6 Å². The van der Waals surface area contributed by atoms with Crippen molar-refractivity contribution in [1.29, 1.82) is 0 Å². The number of hydrogen-bond donors (Lipinski definition) is 0. The number of halogens is 4. The van der Waals surface area contributed by atoms with Gasteiger partial charge in [0, 0.05) is 16.5 Å². The second-order valence-corrected chi connectivity index (χ2v) is 7.09. The van der Waals surface area contributed by atoms with Crippen molar-refractivity contribution < 1.29 is 8.78 Å². The molecule has 1 unspecified atom stereocenters. The van der Waals surface area contributed by atoms with Gasteiger partial charge in [0.25, 0.3) is 0 Å². The minimum Gasteiger partial charge on any atom is -0.241 e. The summed E-state index contributed by atoms with van der Waals surface area (Å²) in [5.41, 5.74) is 0.761. The molecule has 0 N–H and O–H groups in total. The normalized spacial score (nSPS) is 12.8. The summed E-state index contributed by atoms with van der Waals surface area (Å²) >= 11 is 10.7. The summed E-state index contributed by atoms with van der Waals surface area (Å²) in [6.45, 7) is 0. The van der Waals surface area contributed by atoms with Crippen LogP contribution in [-0.2, 0) is 6.42 Å². The summed E-state index contributed by atoms with van der Waals surface area (Å²) in [7, 11) is 0. The van der Waals surface area contributed by atoms with E-state index < -0.39 is 17.0 Å². The molecule has 0 saturated carbocycles. The molecule has 1 atom stereocenters. The fraction of sp³-hybridized carbons (Fsp3) is 0.133. The Morgan fingerprint density at radius 1 is 1.19 bits per heavy atom. The highest BCUT2D eigenvalue weighted by Gasteiger charge is 2.21. The number of rotatable bonds is 3. The Morgan fingerprint density at radius 2 is 1.86 bits per heavy atom. The van der Waals surface area contributed by atoms with Crippen molar-refractivity contribution in [2.45, 2.75) is 11.8 Å². The van der Waals surface area contributed by atoms with E-state index in [-0.39, 0.29) is 12.0 Å². The van der Waals surface area contributed by atoms with E-state index in [1.807, 2.05) is 24.3 Å². The van der Waals surface area contributed by atoms with E-state index in [2.05, 4.69) is 20.9 Å². The van der Waals surface area contributed by atoms with E-state index in [0.717, 1.165) is 15.2 Å². The molecule has 3 aromatic rings. The monoisotopic (exact) mass is 387 g/mol. The summed E-state index contributed by atoms with van der Waals surface area (Å²) in [6.07, 6.45) is 0.288. The molecule has 0 aliphatic rings. The number of nitrogens with zero attached hydrogens (tertiary/aromatic N) is 1. The molecular formula is C15H9BrClF2NS. The van der Waals surface area contributed by atoms with Gasteiger partial charge >= 0.3 is 0 Å². The quantitative estimate of drug-likeness (QED) is 0.512. The Labute approximate surface area is 137 Å². The van der Waals surface area contributed by atoms with E-state index in [1.54, 1.807) is 0 Å². The van der Waals surface area contributed by atoms with Crippen molar-refractivity contribution in [3.63, 3.8) is 0 Å². The van der Waals surface area contributed by atoms with Gasteiger partial charge in [-0.15, -0.1) is 22.9 Å². The molecule has 2 aromatic carbocycles. The second-order valence-electron chi connectivity index (χ2n) is 4.53. The van der Waals surface area contributed by atoms with Crippen LogP contribution >= 0.6 is 38.9 Å². The summed E-state index contributed by atoms with van der Waals surface area (Å²) in [6, 6.07) is 10.1. The maximum atomic E-state index is 13.9. The lowest BCUT2D eigenvalue weighted by molar-refractivity contribution is 0.549. The highest BCUT2D eigenvalue weighted by atomic mass is 79.9. The van der Waals surface area contributed by atoms with Crippen LogP contribution in [0.15, 0.2) is 40.9 Å². The van der Waals surface area contributed by atoms with Gasteiger partial charge in [-0.05, 0) is 24.3 Å². The molecular weight excluding hydrogens is 380 g/mol. The molecule has 1 aromatic heterocycles. The van der Waals surface area contributed by atoms with Crippen molar-refractivity contribution >= 4 is 49.1 Å². The van der Waals surface area contributed by atoms with E-state index in [9.17, 15) is 8.78 Å². The molecule has 0 bridgehead atoms. The van der Waals surface area contributed by atoms with E-state index in [1.165, 1.54) is 23.5 Å². The van der Waals surface area contributed by atoms with Gasteiger partial charge in [0.2, 0.25) is 0 Å². The number of thiazole rings is 1. The number of fused-ring (bicyclic) bond motifs is 1. The average Bonchev–Trinajstić information content (AvgIpc) is 2.79. The lowest BCUT2D eigenvalue weighted by Gasteiger charge is -2.11. The minimum atomic E-state index is -0.793. The third kappa shape index (κ3) is 3.10. The third-order valence-corrected chi connectivity index (χ3v) is 4.94. The van der Waals surface area contributed by atoms with Crippen LogP contribution in [0.5, 0.6) is 0 Å². The SMILES string of the molecule is Fc1cc(Br)cc(F)c1C(Cl)Cc1nc2ccccc2s1. The van der Waals surface area contributed by atoms with Crippen LogP contribution in [0, 0.1) is 11.6 Å². The Bertz CT molecular complexity index is 749. The van der Waals surface area contributed by atoms with Crippen LogP contribution in [0.25, 0.3) is 10.2 Å². The maximum absolute atomic E-state index is 13.9. The van der Waals surface area contributed by atoms with Crippen molar-refractivity contribution in [3.8, 4) is 0 Å². The first-order valence-corrected chi connectivity index (χ1v) is 8.22. The summed E-state index contributed by atoms with van der Waals surface area (Å²) in [5, 5.41) is -0.0309. The molecule has 0 fully saturated rings. The summed E-state index contributed by atoms with van der Waals surface area (Å²) in [4.78, 5) is 4.44. The predicted molar refractivity (Wildman–Crippen MR) is 86.0 cm³/mol. The topological polar surface area (TPSA) is 12.9 Å². The van der Waals surface area contributed by atoms with Gasteiger partial charge in [0.05, 0.1) is 20.6 Å². The van der Waals surface area contributed by atoms with Gasteiger partial charge in [-0.1, -0.05) is 28.1 Å². The van der Waals surface area contributed by atoms with Gasteiger partial charge in [0.1, 0.15) is 11.6 Å². The standard InChI is InChI=1S/C15H9BrClF2NS/c16-8-5-10(18)15(11(19)6-8)9(17)7-14-20-12-3-1-2-4-13(12)21-14/h1-6,9H,7H2. The highest BCUT2D eigenvalue weighted by molar-refractivity contribution is 9.10. The number of hydrogen-bond acceptors (Lipinski definition) is 2. The molecule has 108 valence electrons. The smallest absolute Gasteiger partial charge is 0.131 e. The zero-order valence-corrected chi connectivity index (χ0v) is 13.8. The molecule has 1 nitrogen and oxygen atoms in total. The molecule has 0 spiro atoms. The first-order chi connectivity index (χ1) is 10.0. The fourth-order valence-electron chi connectivity index (χ4n) is 2.12. The van der Waals surface area contributed by atoms with Gasteiger partial charge in [0.15, 0.2) is 0 Å². The molecule has 0 saturated heterocycles. The van der Waals surface area contributed by atoms with Crippen molar-refractivity contribution in [2.24, 2.45) is 0 Å². The first kappa shape index (κ1) is 14.9. The number of alkyl halides is 1. The zero-order chi connectivity index (χ0) is 15.0. The first-order valence-electron chi connectivity index (χ1n) is 6.17. The summed E-state index contributed by atoms with van der Waals surface area (Å²) in [5.74, 6) is -1.30. The van der Waals surface area contributed by atoms with E-state index in [0.29, 0.717) is 4.47 Å². The number of para-hydroxylation sites is 1.